The van der Waals surface area contributed by atoms with Crippen LogP contribution in [0, 0.1) is 5.92 Å². The normalized spacial score (nSPS) is 21.7. The number of ether oxygens (including phenoxy) is 1. The van der Waals surface area contributed by atoms with Crippen LogP contribution in [0.4, 0.5) is 0 Å². The summed E-state index contributed by atoms with van der Waals surface area (Å²) in [5, 5.41) is 12.6. The molecule has 9 heteroatoms. The van der Waals surface area contributed by atoms with Gasteiger partial charge in [0.15, 0.2) is 0 Å². The van der Waals surface area contributed by atoms with Crippen molar-refractivity contribution in [2.75, 3.05) is 26.3 Å². The van der Waals surface area contributed by atoms with Gasteiger partial charge in [0.05, 0.1) is 12.2 Å². The second-order valence-electron chi connectivity index (χ2n) is 5.48. The van der Waals surface area contributed by atoms with Gasteiger partial charge in [0.1, 0.15) is 4.21 Å². The second-order valence-corrected chi connectivity index (χ2v) is 8.55. The van der Waals surface area contributed by atoms with E-state index in [-0.39, 0.29) is 22.2 Å². The van der Waals surface area contributed by atoms with E-state index in [4.69, 9.17) is 4.74 Å². The summed E-state index contributed by atoms with van der Waals surface area (Å²) in [5.74, 6) is -1.02. The van der Waals surface area contributed by atoms with Gasteiger partial charge in [-0.05, 0) is 30.9 Å². The molecule has 1 fully saturated rings. The molecule has 0 aromatic carbocycles. The van der Waals surface area contributed by atoms with Crippen molar-refractivity contribution in [3.63, 3.8) is 0 Å². The second kappa shape index (κ2) is 6.25. The largest absolute Gasteiger partial charge is 0.478 e. The minimum atomic E-state index is -3.81. The van der Waals surface area contributed by atoms with Crippen LogP contribution in [0.15, 0.2) is 4.21 Å². The van der Waals surface area contributed by atoms with E-state index >= 15 is 0 Å². The summed E-state index contributed by atoms with van der Waals surface area (Å²) < 4.78 is 32.7. The molecule has 1 saturated heterocycles. The van der Waals surface area contributed by atoms with Gasteiger partial charge in [0.2, 0.25) is 0 Å². The fraction of sp³-hybridized carbons (Fsp3) is 0.615. The lowest BCUT2D eigenvalue weighted by Crippen LogP contribution is -2.30. The first-order valence-corrected chi connectivity index (χ1v) is 9.45. The number of carbonyl (C=O) groups is 1. The lowest BCUT2D eigenvalue weighted by molar-refractivity contribution is 0.0692. The molecule has 3 heterocycles. The van der Waals surface area contributed by atoms with Crippen molar-refractivity contribution < 1.29 is 23.1 Å². The molecule has 2 aliphatic heterocycles. The molecule has 1 aromatic heterocycles. The molecule has 3 rings (SSSR count). The third-order valence-corrected chi connectivity index (χ3v) is 7.11. The van der Waals surface area contributed by atoms with Crippen LogP contribution in [0.2, 0.25) is 0 Å². The molecule has 22 heavy (non-hydrogen) atoms. The summed E-state index contributed by atoms with van der Waals surface area (Å²) in [6, 6.07) is 0. The molecule has 0 radical (unpaired) electrons. The van der Waals surface area contributed by atoms with Gasteiger partial charge >= 0.3 is 5.97 Å². The minimum Gasteiger partial charge on any atom is -0.478 e. The van der Waals surface area contributed by atoms with E-state index in [1.165, 1.54) is 0 Å². The van der Waals surface area contributed by atoms with E-state index in [0.29, 0.717) is 38.3 Å². The van der Waals surface area contributed by atoms with E-state index in [1.54, 1.807) is 0 Å². The quantitative estimate of drug-likeness (QED) is 0.713. The molecule has 122 valence electrons. The molecule has 1 aromatic rings. The van der Waals surface area contributed by atoms with Gasteiger partial charge in [0, 0.05) is 24.6 Å². The average Bonchev–Trinajstić information content (AvgIpc) is 3.12. The zero-order chi connectivity index (χ0) is 15.7. The van der Waals surface area contributed by atoms with Crippen LogP contribution in [-0.2, 0) is 27.7 Å². The van der Waals surface area contributed by atoms with Crippen LogP contribution >= 0.6 is 11.3 Å². The van der Waals surface area contributed by atoms with Crippen LogP contribution in [0.25, 0.3) is 0 Å². The van der Waals surface area contributed by atoms with Gasteiger partial charge in [-0.1, -0.05) is 0 Å². The van der Waals surface area contributed by atoms with E-state index < -0.39 is 16.0 Å². The standard InChI is InChI=1S/C13H18N2O5S2/c16-12(17)11-9-1-3-14-6-10(9)21-13(11)22(18,19)15-5-8-2-4-20-7-8/h8,14-15H,1-7H2,(H,16,17)/t8-/m0/s1. The van der Waals surface area contributed by atoms with Gasteiger partial charge in [-0.25, -0.2) is 17.9 Å². The molecule has 0 bridgehead atoms. The number of fused-ring (bicyclic) bond motifs is 1. The fourth-order valence-electron chi connectivity index (χ4n) is 2.75. The highest BCUT2D eigenvalue weighted by Crippen LogP contribution is 2.34. The molecule has 0 amide bonds. The zero-order valence-corrected chi connectivity index (χ0v) is 13.6. The minimum absolute atomic E-state index is 0.0586. The highest BCUT2D eigenvalue weighted by molar-refractivity contribution is 7.91. The predicted molar refractivity (Wildman–Crippen MR) is 80.8 cm³/mol. The van der Waals surface area contributed by atoms with Crippen LogP contribution in [0.3, 0.4) is 0 Å². The first-order chi connectivity index (χ1) is 10.5. The Balaban J connectivity index is 1.88. The van der Waals surface area contributed by atoms with Crippen molar-refractivity contribution in [3.8, 4) is 0 Å². The maximum Gasteiger partial charge on any atom is 0.338 e. The van der Waals surface area contributed by atoms with Gasteiger partial charge in [-0.3, -0.25) is 0 Å². The maximum absolute atomic E-state index is 12.5. The molecule has 2 aliphatic rings. The van der Waals surface area contributed by atoms with E-state index in [9.17, 15) is 18.3 Å². The van der Waals surface area contributed by atoms with Gasteiger partial charge in [-0.2, -0.15) is 0 Å². The molecular weight excluding hydrogens is 328 g/mol. The number of carboxylic acid groups (broad SMARTS) is 1. The molecular formula is C13H18N2O5S2. The highest BCUT2D eigenvalue weighted by atomic mass is 32.2. The van der Waals surface area contributed by atoms with Crippen LogP contribution in [-0.4, -0.2) is 45.8 Å². The van der Waals surface area contributed by atoms with Crippen molar-refractivity contribution >= 4 is 27.3 Å². The van der Waals surface area contributed by atoms with Crippen LogP contribution in [0.1, 0.15) is 27.2 Å². The molecule has 0 aliphatic carbocycles. The van der Waals surface area contributed by atoms with Crippen molar-refractivity contribution in [1.82, 2.24) is 10.0 Å². The summed E-state index contributed by atoms with van der Waals surface area (Å²) in [4.78, 5) is 12.3. The first kappa shape index (κ1) is 15.9. The molecule has 1 atom stereocenters. The summed E-state index contributed by atoms with van der Waals surface area (Å²) in [5.41, 5.74) is 0.595. The number of thiophene rings is 1. The Hall–Kier alpha value is -1.00. The number of nitrogens with one attached hydrogen (secondary N) is 2. The van der Waals surface area contributed by atoms with Crippen molar-refractivity contribution in [1.29, 1.82) is 0 Å². The van der Waals surface area contributed by atoms with Crippen molar-refractivity contribution in [2.45, 2.75) is 23.6 Å². The SMILES string of the molecule is O=C(O)c1c(S(=O)(=O)NC[C@@H]2CCOC2)sc2c1CCNC2. The topological polar surface area (TPSA) is 105 Å². The molecule has 3 N–H and O–H groups in total. The lowest BCUT2D eigenvalue weighted by atomic mass is 10.1. The molecule has 7 nitrogen and oxygen atoms in total. The Kier molecular flexibility index (Phi) is 4.51. The summed E-state index contributed by atoms with van der Waals surface area (Å²) in [6.07, 6.45) is 1.36. The number of rotatable bonds is 5. The average molecular weight is 346 g/mol. The molecule has 0 spiro atoms. The highest BCUT2D eigenvalue weighted by Gasteiger charge is 2.32. The van der Waals surface area contributed by atoms with Crippen LogP contribution in [0.5, 0.6) is 0 Å². The Morgan fingerprint density at radius 3 is 3.00 bits per heavy atom. The van der Waals surface area contributed by atoms with Gasteiger partial charge in [-0.15, -0.1) is 11.3 Å². The molecule has 0 unspecified atom stereocenters. The zero-order valence-electron chi connectivity index (χ0n) is 11.9. The number of carboxylic acids is 1. The van der Waals surface area contributed by atoms with E-state index in [1.807, 2.05) is 0 Å². The van der Waals surface area contributed by atoms with Crippen LogP contribution < -0.4 is 10.0 Å². The Morgan fingerprint density at radius 2 is 2.32 bits per heavy atom. The summed E-state index contributed by atoms with van der Waals surface area (Å²) in [6.45, 7) is 2.65. The lowest BCUT2D eigenvalue weighted by Gasteiger charge is -2.12. The summed E-state index contributed by atoms with van der Waals surface area (Å²) in [7, 11) is -3.81. The number of sulfonamides is 1. The Bertz CT molecular complexity index is 677. The monoisotopic (exact) mass is 346 g/mol. The van der Waals surface area contributed by atoms with Crippen molar-refractivity contribution in [3.05, 3.63) is 16.0 Å². The number of aromatic carboxylic acids is 1. The molecule has 0 saturated carbocycles. The van der Waals surface area contributed by atoms with Gasteiger partial charge < -0.3 is 15.2 Å². The van der Waals surface area contributed by atoms with Crippen molar-refractivity contribution in [2.24, 2.45) is 5.92 Å². The summed E-state index contributed by atoms with van der Waals surface area (Å²) >= 11 is 1.05. The van der Waals surface area contributed by atoms with Gasteiger partial charge in [0.25, 0.3) is 10.0 Å². The van der Waals surface area contributed by atoms with E-state index in [2.05, 4.69) is 10.0 Å². The number of hydrogen-bond acceptors (Lipinski definition) is 6. The Labute approximate surface area is 132 Å². The Morgan fingerprint density at radius 1 is 1.50 bits per heavy atom. The third kappa shape index (κ3) is 3.04. The first-order valence-electron chi connectivity index (χ1n) is 7.15. The van der Waals surface area contributed by atoms with E-state index in [0.717, 1.165) is 22.6 Å². The number of hydrogen-bond donors (Lipinski definition) is 3. The predicted octanol–water partition coefficient (Wildman–Crippen LogP) is 0.407. The smallest absolute Gasteiger partial charge is 0.338 e. The third-order valence-electron chi connectivity index (χ3n) is 3.94. The fourth-order valence-corrected chi connectivity index (χ4v) is 5.77. The maximum atomic E-state index is 12.5.